The molecule has 0 spiro atoms. The van der Waals surface area contributed by atoms with Gasteiger partial charge in [-0.1, -0.05) is 84.9 Å². The Morgan fingerprint density at radius 1 is 0.407 bits per heavy atom. The fourth-order valence-electron chi connectivity index (χ4n) is 8.97. The number of aromatic nitrogens is 1. The highest BCUT2D eigenvalue weighted by Gasteiger charge is 2.25. The van der Waals surface area contributed by atoms with Gasteiger partial charge in [-0.05, 0) is 141 Å². The average Bonchev–Trinajstić information content (AvgIpc) is 3.76. The Balaban J connectivity index is 0.979. The quantitative estimate of drug-likeness (QED) is 0.184. The van der Waals surface area contributed by atoms with E-state index in [9.17, 15) is 0 Å². The maximum Gasteiger partial charge on any atom is 0.137 e. The van der Waals surface area contributed by atoms with Gasteiger partial charge in [0.05, 0.1) is 11.0 Å². The Bertz CT molecular complexity index is 3310. The van der Waals surface area contributed by atoms with Crippen molar-refractivity contribution in [1.82, 2.24) is 4.57 Å². The summed E-state index contributed by atoms with van der Waals surface area (Å²) in [7, 11) is 0. The van der Waals surface area contributed by atoms with Crippen molar-refractivity contribution in [2.75, 3.05) is 4.90 Å². The molecule has 9 aromatic carbocycles. The second-order valence-corrected chi connectivity index (χ2v) is 14.6. The van der Waals surface area contributed by atoms with Gasteiger partial charge in [0.25, 0.3) is 0 Å². The van der Waals surface area contributed by atoms with Gasteiger partial charge in [-0.25, -0.2) is 0 Å². The Kier molecular flexibility index (Phi) is 5.98. The van der Waals surface area contributed by atoms with Gasteiger partial charge in [-0.2, -0.15) is 0 Å². The zero-order chi connectivity index (χ0) is 35.5. The standard InChI is InChI=1S/C51H32N2O/c1-31-10-2-6-14-47(31)52(38-22-23-42-41-13-5-9-17-50(41)54-51(42)30-38)36-20-18-32-26-43-44-27-33-19-21-37(25-35(33)29-46(44)45(43)28-34(32)24-36)53-48-15-7-3-11-39(48)40-12-4-8-16-49(40)53/h2-30H,1H3. The van der Waals surface area contributed by atoms with E-state index in [1.165, 1.54) is 76.9 Å². The van der Waals surface area contributed by atoms with E-state index in [1.54, 1.807) is 0 Å². The van der Waals surface area contributed by atoms with E-state index in [2.05, 4.69) is 180 Å². The lowest BCUT2D eigenvalue weighted by Crippen LogP contribution is -2.11. The molecule has 0 fully saturated rings. The van der Waals surface area contributed by atoms with Crippen LogP contribution in [0.15, 0.2) is 180 Å². The summed E-state index contributed by atoms with van der Waals surface area (Å²) in [5.74, 6) is 0. The number of para-hydroxylation sites is 4. The molecule has 54 heavy (non-hydrogen) atoms. The zero-order valence-electron chi connectivity index (χ0n) is 29.5. The number of benzene rings is 9. The van der Waals surface area contributed by atoms with Crippen LogP contribution < -0.4 is 4.90 Å². The van der Waals surface area contributed by atoms with Crippen LogP contribution >= 0.6 is 0 Å². The molecule has 2 aromatic heterocycles. The first-order chi connectivity index (χ1) is 26.7. The molecule has 0 unspecified atom stereocenters. The Labute approximate surface area is 311 Å². The summed E-state index contributed by atoms with van der Waals surface area (Å²) in [6, 6.07) is 64.2. The van der Waals surface area contributed by atoms with Crippen molar-refractivity contribution in [3.05, 3.63) is 181 Å². The number of rotatable bonds is 4. The van der Waals surface area contributed by atoms with E-state index >= 15 is 0 Å². The second-order valence-electron chi connectivity index (χ2n) is 14.6. The third kappa shape index (κ3) is 4.18. The first-order valence-electron chi connectivity index (χ1n) is 18.6. The van der Waals surface area contributed by atoms with E-state index in [-0.39, 0.29) is 0 Å². The normalized spacial score (nSPS) is 12.2. The molecule has 0 amide bonds. The molecule has 0 radical (unpaired) electrons. The predicted octanol–water partition coefficient (Wildman–Crippen LogP) is 14.4. The molecular weight excluding hydrogens is 657 g/mol. The molecule has 1 aliphatic carbocycles. The van der Waals surface area contributed by atoms with Crippen molar-refractivity contribution in [3.63, 3.8) is 0 Å². The average molecular weight is 689 g/mol. The third-order valence-corrected chi connectivity index (χ3v) is 11.6. The highest BCUT2D eigenvalue weighted by Crippen LogP contribution is 2.51. The van der Waals surface area contributed by atoms with E-state index < -0.39 is 0 Å². The molecule has 0 atom stereocenters. The summed E-state index contributed by atoms with van der Waals surface area (Å²) in [5.41, 5.74) is 15.2. The summed E-state index contributed by atoms with van der Waals surface area (Å²) in [6.07, 6.45) is 0. The Morgan fingerprint density at radius 2 is 0.944 bits per heavy atom. The van der Waals surface area contributed by atoms with Crippen LogP contribution in [-0.2, 0) is 0 Å². The minimum absolute atomic E-state index is 0.888. The largest absolute Gasteiger partial charge is 0.456 e. The summed E-state index contributed by atoms with van der Waals surface area (Å²) >= 11 is 0. The van der Waals surface area contributed by atoms with Gasteiger partial charge in [0, 0.05) is 50.4 Å². The zero-order valence-corrected chi connectivity index (χ0v) is 29.5. The van der Waals surface area contributed by atoms with Crippen LogP contribution in [0.3, 0.4) is 0 Å². The number of anilines is 3. The number of furan rings is 1. The van der Waals surface area contributed by atoms with Crippen molar-refractivity contribution in [1.29, 1.82) is 0 Å². The van der Waals surface area contributed by atoms with Crippen LogP contribution in [0, 0.1) is 6.92 Å². The van der Waals surface area contributed by atoms with Crippen molar-refractivity contribution in [2.45, 2.75) is 6.92 Å². The molecule has 0 bridgehead atoms. The van der Waals surface area contributed by atoms with Crippen molar-refractivity contribution in [2.24, 2.45) is 0 Å². The minimum atomic E-state index is 0.888. The number of fused-ring (bicyclic) bond motifs is 12. The first kappa shape index (κ1) is 29.5. The summed E-state index contributed by atoms with van der Waals surface area (Å²) in [5, 5.41) is 9.80. The molecular formula is C51H32N2O. The van der Waals surface area contributed by atoms with Crippen LogP contribution in [0.2, 0.25) is 0 Å². The molecule has 3 heteroatoms. The van der Waals surface area contributed by atoms with E-state index in [0.717, 1.165) is 39.0 Å². The SMILES string of the molecule is Cc1ccccc1N(c1ccc2cc3c(cc2c1)-c1cc2cc(-n4c5ccccc5c5ccccc54)ccc2cc1-3)c1ccc2c(c1)oc1ccccc12. The summed E-state index contributed by atoms with van der Waals surface area (Å²) in [4.78, 5) is 2.36. The van der Waals surface area contributed by atoms with Crippen LogP contribution in [0.5, 0.6) is 0 Å². The molecule has 1 aliphatic rings. The molecule has 3 nitrogen and oxygen atoms in total. The fraction of sp³-hybridized carbons (Fsp3) is 0.0196. The third-order valence-electron chi connectivity index (χ3n) is 11.6. The first-order valence-corrected chi connectivity index (χ1v) is 18.6. The fourth-order valence-corrected chi connectivity index (χ4v) is 8.97. The lowest BCUT2D eigenvalue weighted by Gasteiger charge is -2.28. The van der Waals surface area contributed by atoms with Gasteiger partial charge >= 0.3 is 0 Å². The lowest BCUT2D eigenvalue weighted by molar-refractivity contribution is 0.669. The van der Waals surface area contributed by atoms with Crippen molar-refractivity contribution >= 4 is 82.4 Å². The Morgan fingerprint density at radius 3 is 1.67 bits per heavy atom. The lowest BCUT2D eigenvalue weighted by atomic mass is 9.78. The summed E-state index contributed by atoms with van der Waals surface area (Å²) < 4.78 is 8.76. The van der Waals surface area contributed by atoms with E-state index in [4.69, 9.17) is 4.42 Å². The second kappa shape index (κ2) is 11.0. The number of aryl methyl sites for hydroxylation is 1. The number of hydrogen-bond acceptors (Lipinski definition) is 2. The van der Waals surface area contributed by atoms with Gasteiger partial charge in [-0.3, -0.25) is 0 Å². The highest BCUT2D eigenvalue weighted by atomic mass is 16.3. The van der Waals surface area contributed by atoms with E-state index in [1.807, 2.05) is 12.1 Å². The van der Waals surface area contributed by atoms with Gasteiger partial charge in [0.1, 0.15) is 11.2 Å². The van der Waals surface area contributed by atoms with Gasteiger partial charge < -0.3 is 13.9 Å². The van der Waals surface area contributed by atoms with Gasteiger partial charge in [0.2, 0.25) is 0 Å². The summed E-state index contributed by atoms with van der Waals surface area (Å²) in [6.45, 7) is 2.18. The topological polar surface area (TPSA) is 21.3 Å². The minimum Gasteiger partial charge on any atom is -0.456 e. The molecule has 0 saturated heterocycles. The van der Waals surface area contributed by atoms with Crippen LogP contribution in [0.4, 0.5) is 17.1 Å². The molecule has 2 heterocycles. The molecule has 12 rings (SSSR count). The maximum absolute atomic E-state index is 6.35. The maximum atomic E-state index is 6.35. The molecule has 252 valence electrons. The number of hydrogen-bond donors (Lipinski definition) is 0. The smallest absolute Gasteiger partial charge is 0.137 e. The molecule has 0 N–H and O–H groups in total. The monoisotopic (exact) mass is 688 g/mol. The van der Waals surface area contributed by atoms with Crippen LogP contribution in [0.1, 0.15) is 5.56 Å². The van der Waals surface area contributed by atoms with Crippen LogP contribution in [-0.4, -0.2) is 4.57 Å². The Hall–Kier alpha value is -7.10. The van der Waals surface area contributed by atoms with Crippen LogP contribution in [0.25, 0.3) is 93.2 Å². The molecule has 0 saturated carbocycles. The van der Waals surface area contributed by atoms with Crippen molar-refractivity contribution < 1.29 is 4.42 Å². The number of nitrogens with zero attached hydrogens (tertiary/aromatic N) is 2. The van der Waals surface area contributed by atoms with Gasteiger partial charge in [-0.15, -0.1) is 0 Å². The van der Waals surface area contributed by atoms with E-state index in [0.29, 0.717) is 0 Å². The van der Waals surface area contributed by atoms with Gasteiger partial charge in [0.15, 0.2) is 0 Å². The van der Waals surface area contributed by atoms with Crippen molar-refractivity contribution in [3.8, 4) is 27.9 Å². The molecule has 0 aliphatic heterocycles. The predicted molar refractivity (Wildman–Crippen MR) is 227 cm³/mol. The molecule has 11 aromatic rings. The highest BCUT2D eigenvalue weighted by molar-refractivity contribution is 6.13.